The summed E-state index contributed by atoms with van der Waals surface area (Å²) >= 11 is 0. The number of fused-ring (bicyclic) bond motifs is 1. The number of carbonyl (C=O) groups is 1. The van der Waals surface area contributed by atoms with Crippen LogP contribution in [-0.4, -0.2) is 41.4 Å². The molecule has 1 aliphatic rings. The number of hydrogen-bond donors (Lipinski definition) is 0. The number of hydroxylamine groups is 2. The van der Waals surface area contributed by atoms with Crippen LogP contribution in [0.2, 0.25) is 0 Å². The van der Waals surface area contributed by atoms with Gasteiger partial charge in [-0.3, -0.25) is 9.63 Å². The van der Waals surface area contributed by atoms with Crippen molar-refractivity contribution >= 4 is 16.9 Å². The number of ether oxygens (including phenoxy) is 1. The van der Waals surface area contributed by atoms with Gasteiger partial charge in [0.05, 0.1) is 19.1 Å². The Bertz CT molecular complexity index is 1210. The van der Waals surface area contributed by atoms with Crippen molar-refractivity contribution in [2.24, 2.45) is 0 Å². The summed E-state index contributed by atoms with van der Waals surface area (Å²) in [5.41, 5.74) is 2.88. The Labute approximate surface area is 171 Å². The number of nitrogens with zero attached hydrogens (tertiary/aromatic N) is 3. The van der Waals surface area contributed by atoms with Crippen LogP contribution in [0.25, 0.3) is 33.8 Å². The number of oxazole rings is 1. The Hall–Kier alpha value is -3.65. The molecule has 3 heterocycles. The van der Waals surface area contributed by atoms with Crippen molar-refractivity contribution in [1.29, 1.82) is 0 Å². The molecule has 1 amide bonds. The molecule has 8 nitrogen and oxygen atoms in total. The van der Waals surface area contributed by atoms with Crippen molar-refractivity contribution in [2.45, 2.75) is 12.8 Å². The summed E-state index contributed by atoms with van der Waals surface area (Å²) in [6.45, 7) is 1.14. The average Bonchev–Trinajstić information content (AvgIpc) is 3.46. The van der Waals surface area contributed by atoms with Gasteiger partial charge < -0.3 is 13.7 Å². The van der Waals surface area contributed by atoms with E-state index in [1.165, 1.54) is 11.3 Å². The van der Waals surface area contributed by atoms with Crippen LogP contribution in [-0.2, 0) is 4.84 Å². The van der Waals surface area contributed by atoms with Gasteiger partial charge in [0, 0.05) is 17.7 Å². The lowest BCUT2D eigenvalue weighted by molar-refractivity contribution is -0.144. The molecule has 1 aliphatic heterocycles. The maximum absolute atomic E-state index is 12.8. The van der Waals surface area contributed by atoms with Crippen LogP contribution in [0, 0.1) is 0 Å². The smallest absolute Gasteiger partial charge is 0.277 e. The van der Waals surface area contributed by atoms with Crippen molar-refractivity contribution in [1.82, 2.24) is 15.2 Å². The average molecular weight is 405 g/mol. The number of carbonyl (C=O) groups excluding carboxylic acids is 1. The highest BCUT2D eigenvalue weighted by atomic mass is 16.7. The van der Waals surface area contributed by atoms with Crippen LogP contribution >= 0.6 is 0 Å². The summed E-state index contributed by atoms with van der Waals surface area (Å²) in [6, 6.07) is 12.6. The summed E-state index contributed by atoms with van der Waals surface area (Å²) in [6.07, 6.45) is 3.41. The maximum Gasteiger partial charge on any atom is 0.277 e. The van der Waals surface area contributed by atoms with E-state index in [-0.39, 0.29) is 5.91 Å². The molecule has 0 saturated carbocycles. The molecule has 4 aromatic rings. The number of hydrogen-bond acceptors (Lipinski definition) is 7. The molecule has 152 valence electrons. The van der Waals surface area contributed by atoms with Gasteiger partial charge in [0.2, 0.25) is 5.89 Å². The molecule has 1 fully saturated rings. The summed E-state index contributed by atoms with van der Waals surface area (Å²) in [5.74, 6) is 0.970. The molecule has 0 spiro atoms. The van der Waals surface area contributed by atoms with Crippen molar-refractivity contribution < 1.29 is 23.3 Å². The SMILES string of the molecule is COc1cccc(-c2nc(-c3noc4ccc(C(=O)N5CCCCO5)cc34)co2)c1. The Morgan fingerprint density at radius 3 is 2.93 bits per heavy atom. The zero-order valence-corrected chi connectivity index (χ0v) is 16.3. The van der Waals surface area contributed by atoms with E-state index in [9.17, 15) is 4.79 Å². The van der Waals surface area contributed by atoms with Gasteiger partial charge in [0.25, 0.3) is 5.91 Å². The highest BCUT2D eigenvalue weighted by Gasteiger charge is 2.22. The molecular weight excluding hydrogens is 386 g/mol. The first-order valence-electron chi connectivity index (χ1n) is 9.67. The van der Waals surface area contributed by atoms with Gasteiger partial charge in [-0.15, -0.1) is 0 Å². The molecule has 2 aromatic heterocycles. The minimum absolute atomic E-state index is 0.180. The van der Waals surface area contributed by atoms with E-state index in [2.05, 4.69) is 10.1 Å². The zero-order valence-electron chi connectivity index (χ0n) is 16.3. The topological polar surface area (TPSA) is 90.8 Å². The van der Waals surface area contributed by atoms with Crippen molar-refractivity contribution in [3.8, 4) is 28.6 Å². The molecule has 0 radical (unpaired) electrons. The van der Waals surface area contributed by atoms with E-state index in [1.807, 2.05) is 24.3 Å². The summed E-state index contributed by atoms with van der Waals surface area (Å²) in [4.78, 5) is 22.8. The highest BCUT2D eigenvalue weighted by Crippen LogP contribution is 2.31. The third kappa shape index (κ3) is 3.31. The fourth-order valence-corrected chi connectivity index (χ4v) is 3.43. The molecule has 0 atom stereocenters. The van der Waals surface area contributed by atoms with E-state index >= 15 is 0 Å². The first-order chi connectivity index (χ1) is 14.7. The number of rotatable bonds is 4. The molecule has 0 bridgehead atoms. The second-order valence-corrected chi connectivity index (χ2v) is 6.96. The van der Waals surface area contributed by atoms with E-state index in [4.69, 9.17) is 18.5 Å². The van der Waals surface area contributed by atoms with Gasteiger partial charge in [-0.1, -0.05) is 11.2 Å². The van der Waals surface area contributed by atoms with Crippen molar-refractivity contribution in [3.63, 3.8) is 0 Å². The molecular formula is C22H19N3O5. The number of aromatic nitrogens is 2. The van der Waals surface area contributed by atoms with Gasteiger partial charge in [0.15, 0.2) is 5.58 Å². The first-order valence-corrected chi connectivity index (χ1v) is 9.67. The van der Waals surface area contributed by atoms with E-state index in [1.54, 1.807) is 25.3 Å². The predicted molar refractivity (Wildman–Crippen MR) is 108 cm³/mol. The lowest BCUT2D eigenvalue weighted by atomic mass is 10.1. The lowest BCUT2D eigenvalue weighted by Crippen LogP contribution is -2.35. The zero-order chi connectivity index (χ0) is 20.5. The second kappa shape index (κ2) is 7.64. The van der Waals surface area contributed by atoms with E-state index in [0.717, 1.165) is 18.4 Å². The maximum atomic E-state index is 12.8. The third-order valence-corrected chi connectivity index (χ3v) is 5.01. The van der Waals surface area contributed by atoms with Gasteiger partial charge in [-0.05, 0) is 49.2 Å². The summed E-state index contributed by atoms with van der Waals surface area (Å²) < 4.78 is 16.3. The first kappa shape index (κ1) is 18.4. The fraction of sp³-hybridized carbons (Fsp3) is 0.227. The Morgan fingerprint density at radius 1 is 1.17 bits per heavy atom. The molecule has 1 saturated heterocycles. The summed E-state index contributed by atoms with van der Waals surface area (Å²) in [5, 5.41) is 6.24. The van der Waals surface area contributed by atoms with E-state index < -0.39 is 0 Å². The number of benzene rings is 2. The largest absolute Gasteiger partial charge is 0.497 e. The quantitative estimate of drug-likeness (QED) is 0.499. The minimum atomic E-state index is -0.180. The van der Waals surface area contributed by atoms with Gasteiger partial charge in [-0.25, -0.2) is 10.0 Å². The molecule has 2 aromatic carbocycles. The number of amides is 1. The highest BCUT2D eigenvalue weighted by molar-refractivity contribution is 6.00. The Kier molecular flexibility index (Phi) is 4.68. The Balaban J connectivity index is 1.49. The minimum Gasteiger partial charge on any atom is -0.497 e. The van der Waals surface area contributed by atoms with Crippen LogP contribution in [0.1, 0.15) is 23.2 Å². The van der Waals surface area contributed by atoms with Crippen LogP contribution < -0.4 is 4.74 Å². The molecule has 8 heteroatoms. The molecule has 5 rings (SSSR count). The predicted octanol–water partition coefficient (Wildman–Crippen LogP) is 4.33. The van der Waals surface area contributed by atoms with Crippen LogP contribution in [0.15, 0.2) is 57.7 Å². The van der Waals surface area contributed by atoms with Crippen molar-refractivity contribution in [2.75, 3.05) is 20.3 Å². The van der Waals surface area contributed by atoms with Crippen LogP contribution in [0.4, 0.5) is 0 Å². The lowest BCUT2D eigenvalue weighted by Gasteiger charge is -2.25. The standard InChI is InChI=1S/C22H19N3O5/c1-27-16-6-4-5-14(11-16)21-23-18(13-28-21)20-17-12-15(7-8-19(17)30-24-20)22(26)25-9-2-3-10-29-25/h4-8,11-13H,2-3,9-10H2,1H3. The van der Waals surface area contributed by atoms with Gasteiger partial charge in [0.1, 0.15) is 23.4 Å². The Morgan fingerprint density at radius 2 is 2.10 bits per heavy atom. The molecule has 0 N–H and O–H groups in total. The van der Waals surface area contributed by atoms with Crippen LogP contribution in [0.5, 0.6) is 5.75 Å². The van der Waals surface area contributed by atoms with Gasteiger partial charge in [-0.2, -0.15) is 0 Å². The van der Waals surface area contributed by atoms with Gasteiger partial charge >= 0.3 is 0 Å². The van der Waals surface area contributed by atoms with Crippen molar-refractivity contribution in [3.05, 3.63) is 54.3 Å². The number of methoxy groups -OCH3 is 1. The molecule has 0 unspecified atom stereocenters. The third-order valence-electron chi connectivity index (χ3n) is 5.01. The molecule has 0 aliphatic carbocycles. The second-order valence-electron chi connectivity index (χ2n) is 6.96. The van der Waals surface area contributed by atoms with E-state index in [0.29, 0.717) is 52.7 Å². The summed E-state index contributed by atoms with van der Waals surface area (Å²) in [7, 11) is 1.61. The fourth-order valence-electron chi connectivity index (χ4n) is 3.43. The van der Waals surface area contributed by atoms with Crippen LogP contribution in [0.3, 0.4) is 0 Å². The normalized spacial score (nSPS) is 14.2. The monoisotopic (exact) mass is 405 g/mol. The molecule has 30 heavy (non-hydrogen) atoms.